The first-order chi connectivity index (χ1) is 9.95. The summed E-state index contributed by atoms with van der Waals surface area (Å²) in [6, 6.07) is 7.36. The van der Waals surface area contributed by atoms with Gasteiger partial charge in [0.1, 0.15) is 0 Å². The lowest BCUT2D eigenvalue weighted by molar-refractivity contribution is 0.271. The minimum absolute atomic E-state index is 0.321. The summed E-state index contributed by atoms with van der Waals surface area (Å²) in [5, 5.41) is 0. The number of rotatable bonds is 6. The summed E-state index contributed by atoms with van der Waals surface area (Å²) in [7, 11) is 0.311. The summed E-state index contributed by atoms with van der Waals surface area (Å²) in [5.74, 6) is 0. The zero-order chi connectivity index (χ0) is 15.5. The van der Waals surface area contributed by atoms with Gasteiger partial charge in [-0.2, -0.15) is 4.31 Å². The topological polar surface area (TPSA) is 66.6 Å². The molecule has 6 heteroatoms. The van der Waals surface area contributed by atoms with E-state index in [4.69, 9.17) is 5.73 Å². The van der Waals surface area contributed by atoms with Crippen molar-refractivity contribution in [2.75, 3.05) is 33.7 Å². The quantitative estimate of drug-likeness (QED) is 0.848. The molecule has 1 aromatic rings. The van der Waals surface area contributed by atoms with E-state index in [1.807, 2.05) is 12.1 Å². The molecule has 0 amide bonds. The first kappa shape index (κ1) is 16.4. The van der Waals surface area contributed by atoms with E-state index in [0.29, 0.717) is 24.0 Å². The van der Waals surface area contributed by atoms with Crippen molar-refractivity contribution in [1.82, 2.24) is 9.21 Å². The highest BCUT2D eigenvalue weighted by Gasteiger charge is 2.27. The summed E-state index contributed by atoms with van der Waals surface area (Å²) in [5.41, 5.74) is 6.57. The van der Waals surface area contributed by atoms with Gasteiger partial charge < -0.3 is 10.6 Å². The molecule has 0 saturated carbocycles. The number of nitrogens with two attached hydrogens (primary N) is 1. The molecule has 0 bridgehead atoms. The lowest BCUT2D eigenvalue weighted by Gasteiger charge is -2.25. The minimum atomic E-state index is -3.41. The van der Waals surface area contributed by atoms with Crippen molar-refractivity contribution in [3.05, 3.63) is 29.8 Å². The minimum Gasteiger partial charge on any atom is -0.330 e. The largest absolute Gasteiger partial charge is 0.330 e. The molecule has 1 unspecified atom stereocenters. The van der Waals surface area contributed by atoms with Gasteiger partial charge in [0.2, 0.25) is 10.0 Å². The Morgan fingerprint density at radius 1 is 1.33 bits per heavy atom. The molecule has 1 aromatic carbocycles. The third kappa shape index (κ3) is 3.83. The van der Waals surface area contributed by atoms with E-state index in [9.17, 15) is 8.42 Å². The summed E-state index contributed by atoms with van der Waals surface area (Å²) in [6.45, 7) is 2.16. The molecule has 0 aromatic heterocycles. The van der Waals surface area contributed by atoms with Gasteiger partial charge in [-0.3, -0.25) is 0 Å². The molecule has 1 heterocycles. The van der Waals surface area contributed by atoms with Gasteiger partial charge in [-0.1, -0.05) is 12.1 Å². The van der Waals surface area contributed by atoms with Crippen LogP contribution in [0.1, 0.15) is 18.4 Å². The monoisotopic (exact) mass is 311 g/mol. The molecule has 1 atom stereocenters. The second-order valence-electron chi connectivity index (χ2n) is 5.74. The molecule has 1 aliphatic rings. The average Bonchev–Trinajstić information content (AvgIpc) is 2.85. The second-order valence-corrected chi connectivity index (χ2v) is 7.79. The van der Waals surface area contributed by atoms with Gasteiger partial charge in [0.25, 0.3) is 0 Å². The Kier molecular flexibility index (Phi) is 5.37. The molecular formula is C15H25N3O2S. The zero-order valence-corrected chi connectivity index (χ0v) is 13.6. The fraction of sp³-hybridized carbons (Fsp3) is 0.600. The third-order valence-corrected chi connectivity index (χ3v) is 6.04. The SMILES string of the molecule is CN1CCCC1CN(C)S(=O)(=O)c1ccc(CCN)cc1. The summed E-state index contributed by atoms with van der Waals surface area (Å²) in [6.07, 6.45) is 2.97. The standard InChI is InChI=1S/C15H25N3O2S/c1-17-11-3-4-14(17)12-18(2)21(19,20)15-7-5-13(6-8-15)9-10-16/h5-8,14H,3-4,9-12,16H2,1-2H3. The number of hydrogen-bond acceptors (Lipinski definition) is 4. The first-order valence-electron chi connectivity index (χ1n) is 7.40. The predicted octanol–water partition coefficient (Wildman–Crippen LogP) is 0.903. The van der Waals surface area contributed by atoms with Gasteiger partial charge in [0.05, 0.1) is 4.90 Å². The molecular weight excluding hydrogens is 286 g/mol. The number of benzene rings is 1. The van der Waals surface area contributed by atoms with Crippen molar-refractivity contribution in [3.8, 4) is 0 Å². The number of nitrogens with zero attached hydrogens (tertiary/aromatic N) is 2. The van der Waals surface area contributed by atoms with Gasteiger partial charge in [0.15, 0.2) is 0 Å². The Morgan fingerprint density at radius 2 is 2.00 bits per heavy atom. The molecule has 5 nitrogen and oxygen atoms in total. The maximum absolute atomic E-state index is 12.6. The molecule has 118 valence electrons. The van der Waals surface area contributed by atoms with Crippen LogP contribution in [0.5, 0.6) is 0 Å². The van der Waals surface area contributed by atoms with Gasteiger partial charge in [-0.05, 0) is 57.1 Å². The van der Waals surface area contributed by atoms with Crippen LogP contribution in [0.4, 0.5) is 0 Å². The van der Waals surface area contributed by atoms with E-state index < -0.39 is 10.0 Å². The molecule has 2 rings (SSSR count). The fourth-order valence-corrected chi connectivity index (χ4v) is 3.99. The van der Waals surface area contributed by atoms with Crippen molar-refractivity contribution < 1.29 is 8.42 Å². The van der Waals surface area contributed by atoms with Gasteiger partial charge >= 0.3 is 0 Å². The van der Waals surface area contributed by atoms with Gasteiger partial charge in [-0.15, -0.1) is 0 Å². The fourth-order valence-electron chi connectivity index (χ4n) is 2.78. The van der Waals surface area contributed by atoms with Crippen LogP contribution in [0, 0.1) is 0 Å². The maximum atomic E-state index is 12.6. The number of sulfonamides is 1. The Balaban J connectivity index is 2.09. The lowest BCUT2D eigenvalue weighted by atomic mass is 10.2. The van der Waals surface area contributed by atoms with Crippen molar-refractivity contribution in [2.24, 2.45) is 5.73 Å². The van der Waals surface area contributed by atoms with Crippen LogP contribution >= 0.6 is 0 Å². The highest BCUT2D eigenvalue weighted by atomic mass is 32.2. The van der Waals surface area contributed by atoms with E-state index in [1.165, 1.54) is 4.31 Å². The molecule has 0 radical (unpaired) electrons. The van der Waals surface area contributed by atoms with Crippen molar-refractivity contribution >= 4 is 10.0 Å². The molecule has 1 fully saturated rings. The molecule has 21 heavy (non-hydrogen) atoms. The predicted molar refractivity (Wildman–Crippen MR) is 84.7 cm³/mol. The Hall–Kier alpha value is -0.950. The Morgan fingerprint density at radius 3 is 2.52 bits per heavy atom. The first-order valence-corrected chi connectivity index (χ1v) is 8.84. The van der Waals surface area contributed by atoms with E-state index in [1.54, 1.807) is 19.2 Å². The van der Waals surface area contributed by atoms with Gasteiger partial charge in [0, 0.05) is 19.6 Å². The van der Waals surface area contributed by atoms with E-state index in [-0.39, 0.29) is 0 Å². The third-order valence-electron chi connectivity index (χ3n) is 4.20. The van der Waals surface area contributed by atoms with E-state index in [2.05, 4.69) is 11.9 Å². The highest BCUT2D eigenvalue weighted by molar-refractivity contribution is 7.89. The number of hydrogen-bond donors (Lipinski definition) is 1. The smallest absolute Gasteiger partial charge is 0.242 e. The molecule has 0 aliphatic carbocycles. The summed E-state index contributed by atoms with van der Waals surface area (Å²) < 4.78 is 26.6. The average molecular weight is 311 g/mol. The van der Waals surface area contributed by atoms with Crippen LogP contribution < -0.4 is 5.73 Å². The lowest BCUT2D eigenvalue weighted by Crippen LogP contribution is -2.39. The zero-order valence-electron chi connectivity index (χ0n) is 12.8. The van der Waals surface area contributed by atoms with E-state index >= 15 is 0 Å². The van der Waals surface area contributed by atoms with Crippen LogP contribution in [0.2, 0.25) is 0 Å². The summed E-state index contributed by atoms with van der Waals surface area (Å²) >= 11 is 0. The number of likely N-dealkylation sites (N-methyl/N-ethyl adjacent to an activating group) is 2. The van der Waals surface area contributed by atoms with Crippen LogP contribution in [-0.4, -0.2) is 57.4 Å². The molecule has 1 saturated heterocycles. The van der Waals surface area contributed by atoms with Crippen LogP contribution in [-0.2, 0) is 16.4 Å². The second kappa shape index (κ2) is 6.87. The molecule has 2 N–H and O–H groups in total. The summed E-state index contributed by atoms with van der Waals surface area (Å²) in [4.78, 5) is 2.59. The van der Waals surface area contributed by atoms with Crippen molar-refractivity contribution in [2.45, 2.75) is 30.2 Å². The molecule has 1 aliphatic heterocycles. The van der Waals surface area contributed by atoms with Crippen LogP contribution in [0.15, 0.2) is 29.2 Å². The van der Waals surface area contributed by atoms with Crippen LogP contribution in [0.3, 0.4) is 0 Å². The Labute approximate surface area is 127 Å². The number of likely N-dealkylation sites (tertiary alicyclic amines) is 1. The van der Waals surface area contributed by atoms with Crippen molar-refractivity contribution in [3.63, 3.8) is 0 Å². The molecule has 0 spiro atoms. The van der Waals surface area contributed by atoms with E-state index in [0.717, 1.165) is 31.4 Å². The van der Waals surface area contributed by atoms with Crippen LogP contribution in [0.25, 0.3) is 0 Å². The van der Waals surface area contributed by atoms with Gasteiger partial charge in [-0.25, -0.2) is 8.42 Å². The highest BCUT2D eigenvalue weighted by Crippen LogP contribution is 2.20. The Bertz CT molecular complexity index is 557. The maximum Gasteiger partial charge on any atom is 0.242 e. The normalized spacial score (nSPS) is 20.3. The van der Waals surface area contributed by atoms with Crippen molar-refractivity contribution in [1.29, 1.82) is 0 Å².